The van der Waals surface area contributed by atoms with E-state index in [9.17, 15) is 4.79 Å². The lowest BCUT2D eigenvalue weighted by Crippen LogP contribution is -2.36. The fourth-order valence-electron chi connectivity index (χ4n) is 2.72. The molecule has 3 nitrogen and oxygen atoms in total. The molecule has 24 heavy (non-hydrogen) atoms. The first-order valence-electron chi connectivity index (χ1n) is 8.05. The van der Waals surface area contributed by atoms with E-state index in [4.69, 9.17) is 16.3 Å². The molecule has 0 bridgehead atoms. The van der Waals surface area contributed by atoms with Crippen LogP contribution >= 0.6 is 23.4 Å². The van der Waals surface area contributed by atoms with Gasteiger partial charge in [-0.3, -0.25) is 4.79 Å². The first kappa shape index (κ1) is 17.2. The smallest absolute Gasteiger partial charge is 0.260 e. The van der Waals surface area contributed by atoms with Crippen LogP contribution in [0.2, 0.25) is 5.02 Å². The van der Waals surface area contributed by atoms with Gasteiger partial charge in [0.25, 0.3) is 5.91 Å². The van der Waals surface area contributed by atoms with Crippen LogP contribution < -0.4 is 4.74 Å². The highest BCUT2D eigenvalue weighted by Gasteiger charge is 2.22. The third kappa shape index (κ3) is 4.68. The third-order valence-electron chi connectivity index (χ3n) is 4.04. The number of halogens is 1. The molecule has 1 aliphatic heterocycles. The summed E-state index contributed by atoms with van der Waals surface area (Å²) in [7, 11) is 0. The van der Waals surface area contributed by atoms with Crippen molar-refractivity contribution in [3.63, 3.8) is 0 Å². The maximum Gasteiger partial charge on any atom is 0.260 e. The number of hydrogen-bond acceptors (Lipinski definition) is 3. The second kappa shape index (κ2) is 8.45. The first-order chi connectivity index (χ1) is 11.7. The summed E-state index contributed by atoms with van der Waals surface area (Å²) in [6.07, 6.45) is 0.974. The normalized spacial score (nSPS) is 18.0. The number of carbonyl (C=O) groups is 1. The van der Waals surface area contributed by atoms with Gasteiger partial charge in [-0.05, 0) is 36.2 Å². The molecule has 0 saturated carbocycles. The molecule has 1 heterocycles. The minimum Gasteiger partial charge on any atom is -0.484 e. The molecule has 0 N–H and O–H groups in total. The molecular weight excluding hydrogens is 342 g/mol. The Morgan fingerprint density at radius 2 is 1.88 bits per heavy atom. The van der Waals surface area contributed by atoms with Crippen LogP contribution in [0.5, 0.6) is 5.75 Å². The topological polar surface area (TPSA) is 29.5 Å². The molecule has 3 rings (SSSR count). The summed E-state index contributed by atoms with van der Waals surface area (Å²) in [5, 5.41) is 1.12. The lowest BCUT2D eigenvalue weighted by Gasteiger charge is -2.20. The van der Waals surface area contributed by atoms with Crippen molar-refractivity contribution in [3.05, 3.63) is 65.2 Å². The van der Waals surface area contributed by atoms with Gasteiger partial charge in [0, 0.05) is 29.1 Å². The summed E-state index contributed by atoms with van der Waals surface area (Å²) in [5.41, 5.74) is 1.34. The average Bonchev–Trinajstić information content (AvgIpc) is 2.88. The van der Waals surface area contributed by atoms with Gasteiger partial charge in [0.2, 0.25) is 0 Å². The number of rotatable bonds is 4. The van der Waals surface area contributed by atoms with Crippen molar-refractivity contribution in [3.8, 4) is 5.75 Å². The Morgan fingerprint density at radius 3 is 2.62 bits per heavy atom. The van der Waals surface area contributed by atoms with Crippen LogP contribution in [-0.2, 0) is 4.79 Å². The van der Waals surface area contributed by atoms with Gasteiger partial charge < -0.3 is 9.64 Å². The highest BCUT2D eigenvalue weighted by atomic mass is 35.5. The summed E-state index contributed by atoms with van der Waals surface area (Å²) in [5.74, 6) is 1.66. The van der Waals surface area contributed by atoms with Crippen LogP contribution in [0.4, 0.5) is 0 Å². The zero-order valence-electron chi connectivity index (χ0n) is 13.4. The van der Waals surface area contributed by atoms with E-state index in [0.717, 1.165) is 25.3 Å². The SMILES string of the molecule is O=C(COc1ccc(Cl)cc1)N1CCSC(c2ccccc2)CC1. The Hall–Kier alpha value is -1.65. The van der Waals surface area contributed by atoms with Gasteiger partial charge in [0.15, 0.2) is 6.61 Å². The van der Waals surface area contributed by atoms with Crippen LogP contribution in [0, 0.1) is 0 Å². The molecule has 1 aliphatic rings. The predicted octanol–water partition coefficient (Wildman–Crippen LogP) is 4.43. The monoisotopic (exact) mass is 361 g/mol. The molecule has 5 heteroatoms. The lowest BCUT2D eigenvalue weighted by atomic mass is 10.1. The van der Waals surface area contributed by atoms with Crippen molar-refractivity contribution >= 4 is 29.3 Å². The van der Waals surface area contributed by atoms with E-state index >= 15 is 0 Å². The fourth-order valence-corrected chi connectivity index (χ4v) is 4.08. The minimum absolute atomic E-state index is 0.0410. The number of amides is 1. The highest BCUT2D eigenvalue weighted by molar-refractivity contribution is 7.99. The maximum atomic E-state index is 12.4. The number of carbonyl (C=O) groups excluding carboxylic acids is 1. The van der Waals surface area contributed by atoms with E-state index in [1.807, 2.05) is 22.7 Å². The van der Waals surface area contributed by atoms with Crippen molar-refractivity contribution in [2.45, 2.75) is 11.7 Å². The Balaban J connectivity index is 1.52. The van der Waals surface area contributed by atoms with Crippen molar-refractivity contribution in [1.29, 1.82) is 0 Å². The summed E-state index contributed by atoms with van der Waals surface area (Å²) in [4.78, 5) is 14.3. The van der Waals surface area contributed by atoms with Crippen molar-refractivity contribution in [1.82, 2.24) is 4.90 Å². The van der Waals surface area contributed by atoms with E-state index < -0.39 is 0 Å². The van der Waals surface area contributed by atoms with Gasteiger partial charge in [-0.25, -0.2) is 0 Å². The molecule has 1 unspecified atom stereocenters. The van der Waals surface area contributed by atoms with Crippen LogP contribution in [0.25, 0.3) is 0 Å². The Kier molecular flexibility index (Phi) is 6.05. The van der Waals surface area contributed by atoms with Gasteiger partial charge in [-0.15, -0.1) is 0 Å². The molecule has 1 atom stereocenters. The Labute approximate surface area is 151 Å². The molecule has 1 fully saturated rings. The van der Waals surface area contributed by atoms with Crippen LogP contribution in [-0.4, -0.2) is 36.3 Å². The van der Waals surface area contributed by atoms with Gasteiger partial charge in [-0.2, -0.15) is 11.8 Å². The summed E-state index contributed by atoms with van der Waals surface area (Å²) >= 11 is 7.77. The van der Waals surface area contributed by atoms with Crippen molar-refractivity contribution in [2.75, 3.05) is 25.4 Å². The summed E-state index contributed by atoms with van der Waals surface area (Å²) in [6.45, 7) is 1.62. The first-order valence-corrected chi connectivity index (χ1v) is 9.48. The van der Waals surface area contributed by atoms with E-state index in [2.05, 4.69) is 24.3 Å². The Bertz CT molecular complexity index is 663. The molecule has 2 aromatic carbocycles. The molecule has 0 radical (unpaired) electrons. The Morgan fingerprint density at radius 1 is 1.12 bits per heavy atom. The predicted molar refractivity (Wildman–Crippen MR) is 99.8 cm³/mol. The van der Waals surface area contributed by atoms with E-state index in [1.54, 1.807) is 24.3 Å². The molecular formula is C19H20ClNO2S. The largest absolute Gasteiger partial charge is 0.484 e. The minimum atomic E-state index is 0.0410. The fraction of sp³-hybridized carbons (Fsp3) is 0.316. The second-order valence-electron chi connectivity index (χ2n) is 5.68. The zero-order valence-corrected chi connectivity index (χ0v) is 14.9. The second-order valence-corrected chi connectivity index (χ2v) is 7.43. The highest BCUT2D eigenvalue weighted by Crippen LogP contribution is 2.34. The number of benzene rings is 2. The number of nitrogens with zero attached hydrogens (tertiary/aromatic N) is 1. The standard InChI is InChI=1S/C19H20ClNO2S/c20-16-6-8-17(9-7-16)23-14-19(22)21-11-10-18(24-13-12-21)15-4-2-1-3-5-15/h1-9,18H,10-14H2. The quantitative estimate of drug-likeness (QED) is 0.807. The number of hydrogen-bond donors (Lipinski definition) is 0. The van der Waals surface area contributed by atoms with Crippen LogP contribution in [0.15, 0.2) is 54.6 Å². The summed E-state index contributed by atoms with van der Waals surface area (Å²) < 4.78 is 5.57. The summed E-state index contributed by atoms with van der Waals surface area (Å²) in [6, 6.07) is 17.6. The third-order valence-corrected chi connectivity index (χ3v) is 5.62. The van der Waals surface area contributed by atoms with E-state index in [0.29, 0.717) is 16.0 Å². The molecule has 2 aromatic rings. The molecule has 0 aliphatic carbocycles. The van der Waals surface area contributed by atoms with Crippen LogP contribution in [0.1, 0.15) is 17.2 Å². The van der Waals surface area contributed by atoms with E-state index in [1.165, 1.54) is 5.56 Å². The van der Waals surface area contributed by atoms with E-state index in [-0.39, 0.29) is 12.5 Å². The van der Waals surface area contributed by atoms with Gasteiger partial charge >= 0.3 is 0 Å². The van der Waals surface area contributed by atoms with Gasteiger partial charge in [0.1, 0.15) is 5.75 Å². The molecule has 0 aromatic heterocycles. The molecule has 1 amide bonds. The molecule has 1 saturated heterocycles. The average molecular weight is 362 g/mol. The van der Waals surface area contributed by atoms with Crippen molar-refractivity contribution < 1.29 is 9.53 Å². The van der Waals surface area contributed by atoms with Gasteiger partial charge in [-0.1, -0.05) is 41.9 Å². The molecule has 126 valence electrons. The zero-order chi connectivity index (χ0) is 16.8. The van der Waals surface area contributed by atoms with Crippen LogP contribution in [0.3, 0.4) is 0 Å². The number of ether oxygens (including phenoxy) is 1. The van der Waals surface area contributed by atoms with Gasteiger partial charge in [0.05, 0.1) is 0 Å². The lowest BCUT2D eigenvalue weighted by molar-refractivity contribution is -0.133. The maximum absolute atomic E-state index is 12.4. The number of thioether (sulfide) groups is 1. The van der Waals surface area contributed by atoms with Crippen molar-refractivity contribution in [2.24, 2.45) is 0 Å². The molecule has 0 spiro atoms.